The van der Waals surface area contributed by atoms with Gasteiger partial charge in [-0.05, 0) is 19.3 Å². The predicted octanol–water partition coefficient (Wildman–Crippen LogP) is -0.800. The minimum atomic E-state index is -0.825. The van der Waals surface area contributed by atoms with E-state index in [9.17, 15) is 15.3 Å². The summed E-state index contributed by atoms with van der Waals surface area (Å²) in [7, 11) is 1.67. The van der Waals surface area contributed by atoms with Gasteiger partial charge in [0, 0.05) is 32.7 Å². The second-order valence-electron chi connectivity index (χ2n) is 5.22. The van der Waals surface area contributed by atoms with Crippen LogP contribution in [-0.2, 0) is 4.74 Å². The Labute approximate surface area is 102 Å². The summed E-state index contributed by atoms with van der Waals surface area (Å²) >= 11 is 0. The molecule has 2 saturated heterocycles. The van der Waals surface area contributed by atoms with E-state index < -0.39 is 18.3 Å². The zero-order valence-electron chi connectivity index (χ0n) is 10.3. The fourth-order valence-electron chi connectivity index (χ4n) is 3.16. The second kappa shape index (κ2) is 5.63. The number of nitrogens with zero attached hydrogens (tertiary/aromatic N) is 1. The zero-order valence-corrected chi connectivity index (χ0v) is 10.3. The van der Waals surface area contributed by atoms with Gasteiger partial charge < -0.3 is 20.1 Å². The van der Waals surface area contributed by atoms with Gasteiger partial charge in [-0.3, -0.25) is 4.90 Å². The first-order chi connectivity index (χ1) is 8.15. The monoisotopic (exact) mass is 245 g/mol. The predicted molar refractivity (Wildman–Crippen MR) is 62.6 cm³/mol. The molecule has 2 aliphatic heterocycles. The van der Waals surface area contributed by atoms with Crippen molar-refractivity contribution in [3.8, 4) is 0 Å². The Hall–Kier alpha value is -0.200. The number of methoxy groups -OCH3 is 1. The molecule has 0 radical (unpaired) electrons. The first-order valence-electron chi connectivity index (χ1n) is 6.42. The van der Waals surface area contributed by atoms with E-state index in [1.165, 1.54) is 0 Å². The minimum absolute atomic E-state index is 0.0849. The summed E-state index contributed by atoms with van der Waals surface area (Å²) in [5.74, 6) is 0.0849. The van der Waals surface area contributed by atoms with Crippen LogP contribution >= 0.6 is 0 Å². The molecule has 0 amide bonds. The van der Waals surface area contributed by atoms with E-state index in [1.807, 2.05) is 0 Å². The van der Waals surface area contributed by atoms with Gasteiger partial charge in [0.15, 0.2) is 0 Å². The van der Waals surface area contributed by atoms with Crippen molar-refractivity contribution in [3.63, 3.8) is 0 Å². The van der Waals surface area contributed by atoms with E-state index in [0.717, 1.165) is 25.9 Å². The van der Waals surface area contributed by atoms with Gasteiger partial charge in [-0.25, -0.2) is 0 Å². The van der Waals surface area contributed by atoms with Crippen LogP contribution in [0.5, 0.6) is 0 Å². The largest absolute Gasteiger partial charge is 0.391 e. The molecule has 0 bridgehead atoms. The van der Waals surface area contributed by atoms with Crippen molar-refractivity contribution in [1.29, 1.82) is 0 Å². The minimum Gasteiger partial charge on any atom is -0.391 e. The Morgan fingerprint density at radius 2 is 2.00 bits per heavy atom. The number of hydrogen-bond donors (Lipinski definition) is 3. The fourth-order valence-corrected chi connectivity index (χ4v) is 3.16. The summed E-state index contributed by atoms with van der Waals surface area (Å²) in [6.45, 7) is 2.27. The molecule has 5 nitrogen and oxygen atoms in total. The summed E-state index contributed by atoms with van der Waals surface area (Å²) in [5, 5.41) is 29.9. The molecule has 2 aliphatic rings. The van der Waals surface area contributed by atoms with Crippen molar-refractivity contribution in [2.75, 3.05) is 26.8 Å². The third-order valence-electron chi connectivity index (χ3n) is 4.10. The highest BCUT2D eigenvalue weighted by molar-refractivity contribution is 5.01. The lowest BCUT2D eigenvalue weighted by molar-refractivity contribution is -0.116. The van der Waals surface area contributed by atoms with Gasteiger partial charge in [-0.1, -0.05) is 0 Å². The molecular formula is C12H23NO4. The molecule has 0 aromatic rings. The summed E-state index contributed by atoms with van der Waals surface area (Å²) in [4.78, 5) is 2.11. The maximum atomic E-state index is 10.1. The molecule has 0 spiro atoms. The smallest absolute Gasteiger partial charge is 0.0982 e. The Morgan fingerprint density at radius 3 is 2.71 bits per heavy atom. The van der Waals surface area contributed by atoms with Crippen LogP contribution < -0.4 is 0 Å². The molecule has 3 N–H and O–H groups in total. The number of piperidine rings is 1. The van der Waals surface area contributed by atoms with Crippen molar-refractivity contribution >= 4 is 0 Å². The lowest BCUT2D eigenvalue weighted by atomic mass is 9.84. The average molecular weight is 245 g/mol. The Kier molecular flexibility index (Phi) is 4.38. The topological polar surface area (TPSA) is 73.2 Å². The first kappa shape index (κ1) is 13.2. The van der Waals surface area contributed by atoms with Crippen LogP contribution in [0.2, 0.25) is 0 Å². The second-order valence-corrected chi connectivity index (χ2v) is 5.22. The van der Waals surface area contributed by atoms with Crippen LogP contribution in [0.3, 0.4) is 0 Å². The van der Waals surface area contributed by atoms with E-state index in [2.05, 4.69) is 4.90 Å². The van der Waals surface area contributed by atoms with E-state index in [0.29, 0.717) is 13.0 Å². The lowest BCUT2D eigenvalue weighted by Gasteiger charge is -2.43. The summed E-state index contributed by atoms with van der Waals surface area (Å²) in [6, 6.07) is -0.274. The molecule has 5 atom stereocenters. The molecule has 0 saturated carbocycles. The van der Waals surface area contributed by atoms with Crippen LogP contribution in [0.15, 0.2) is 0 Å². The van der Waals surface area contributed by atoms with E-state index in [-0.39, 0.29) is 12.0 Å². The van der Waals surface area contributed by atoms with E-state index >= 15 is 0 Å². The number of hydrogen-bond acceptors (Lipinski definition) is 5. The van der Waals surface area contributed by atoms with Crippen LogP contribution in [0.1, 0.15) is 19.3 Å². The quantitative estimate of drug-likeness (QED) is 0.566. The Morgan fingerprint density at radius 1 is 1.24 bits per heavy atom. The SMILES string of the molecule is COCCC[C@H]1CN2CC[C@H](O)[C@@H]2[C@@H](O)[C@@H]1O. The first-order valence-corrected chi connectivity index (χ1v) is 6.42. The van der Waals surface area contributed by atoms with Crippen LogP contribution in [0.25, 0.3) is 0 Å². The van der Waals surface area contributed by atoms with Gasteiger partial charge in [0.1, 0.15) is 0 Å². The standard InChI is InChI=1S/C12H23NO4/c1-17-6-2-3-8-7-13-5-4-9(14)10(13)12(16)11(8)15/h8-12,14-16H,2-7H2,1H3/t8-,9-,10+,11+,12+/m0/s1. The lowest BCUT2D eigenvalue weighted by Crippen LogP contribution is -2.59. The van der Waals surface area contributed by atoms with Crippen molar-refractivity contribution in [2.45, 2.75) is 43.6 Å². The Bertz CT molecular complexity index is 251. The normalized spacial score (nSPS) is 42.7. The third kappa shape index (κ3) is 2.63. The summed E-state index contributed by atoms with van der Waals surface area (Å²) in [6.07, 6.45) is 0.394. The van der Waals surface area contributed by atoms with Gasteiger partial charge in [-0.15, -0.1) is 0 Å². The third-order valence-corrected chi connectivity index (χ3v) is 4.10. The van der Waals surface area contributed by atoms with Crippen LogP contribution in [-0.4, -0.2) is 71.4 Å². The van der Waals surface area contributed by atoms with E-state index in [1.54, 1.807) is 7.11 Å². The van der Waals surface area contributed by atoms with Crippen molar-refractivity contribution in [1.82, 2.24) is 4.90 Å². The van der Waals surface area contributed by atoms with Gasteiger partial charge in [0.25, 0.3) is 0 Å². The zero-order chi connectivity index (χ0) is 12.4. The highest BCUT2D eigenvalue weighted by Gasteiger charge is 2.47. The average Bonchev–Trinajstić information content (AvgIpc) is 2.67. The molecule has 0 unspecified atom stereocenters. The van der Waals surface area contributed by atoms with Crippen LogP contribution in [0.4, 0.5) is 0 Å². The van der Waals surface area contributed by atoms with Gasteiger partial charge in [0.05, 0.1) is 24.4 Å². The number of aliphatic hydroxyl groups is 3. The molecule has 0 aliphatic carbocycles. The van der Waals surface area contributed by atoms with Gasteiger partial charge >= 0.3 is 0 Å². The maximum Gasteiger partial charge on any atom is 0.0982 e. The molecule has 0 aromatic carbocycles. The maximum absolute atomic E-state index is 10.1. The molecular weight excluding hydrogens is 222 g/mol. The fraction of sp³-hybridized carbons (Fsp3) is 1.00. The van der Waals surface area contributed by atoms with Gasteiger partial charge in [0.2, 0.25) is 0 Å². The molecule has 2 heterocycles. The molecule has 17 heavy (non-hydrogen) atoms. The number of fused-ring (bicyclic) bond motifs is 1. The van der Waals surface area contributed by atoms with Gasteiger partial charge in [-0.2, -0.15) is 0 Å². The van der Waals surface area contributed by atoms with Crippen LogP contribution in [0, 0.1) is 5.92 Å². The molecule has 5 heteroatoms. The Balaban J connectivity index is 1.93. The molecule has 2 rings (SSSR count). The highest BCUT2D eigenvalue weighted by atomic mass is 16.5. The molecule has 0 aromatic heterocycles. The highest BCUT2D eigenvalue weighted by Crippen LogP contribution is 2.32. The molecule has 2 fully saturated rings. The number of ether oxygens (including phenoxy) is 1. The van der Waals surface area contributed by atoms with Crippen molar-refractivity contribution in [3.05, 3.63) is 0 Å². The summed E-state index contributed by atoms with van der Waals surface area (Å²) in [5.41, 5.74) is 0. The van der Waals surface area contributed by atoms with Crippen molar-refractivity contribution < 1.29 is 20.1 Å². The van der Waals surface area contributed by atoms with Crippen molar-refractivity contribution in [2.24, 2.45) is 5.92 Å². The number of rotatable bonds is 4. The van der Waals surface area contributed by atoms with E-state index in [4.69, 9.17) is 4.74 Å². The summed E-state index contributed by atoms with van der Waals surface area (Å²) < 4.78 is 5.00. The molecule has 100 valence electrons. The number of aliphatic hydroxyl groups excluding tert-OH is 3.